The van der Waals surface area contributed by atoms with Crippen LogP contribution in [0.1, 0.15) is 31.9 Å². The number of amides is 1. The van der Waals surface area contributed by atoms with Gasteiger partial charge >= 0.3 is 12.1 Å². The van der Waals surface area contributed by atoms with Crippen LogP contribution in [0.3, 0.4) is 0 Å². The van der Waals surface area contributed by atoms with Crippen LogP contribution in [-0.4, -0.2) is 24.7 Å². The summed E-state index contributed by atoms with van der Waals surface area (Å²) in [6.07, 6.45) is -0.289. The van der Waals surface area contributed by atoms with E-state index in [1.807, 2.05) is 74.5 Å². The maximum atomic E-state index is 12.4. The zero-order chi connectivity index (χ0) is 19.2. The van der Waals surface area contributed by atoms with E-state index < -0.39 is 18.1 Å². The van der Waals surface area contributed by atoms with Crippen LogP contribution < -0.4 is 5.32 Å². The highest BCUT2D eigenvalue weighted by Gasteiger charge is 2.23. The fourth-order valence-electron chi connectivity index (χ4n) is 2.19. The molecule has 5 nitrogen and oxygen atoms in total. The molecule has 140 valence electrons. The molecule has 0 spiro atoms. The third-order valence-corrected chi connectivity index (χ3v) is 3.36. The van der Waals surface area contributed by atoms with Crippen LogP contribution in [0.25, 0.3) is 0 Å². The molecule has 0 fully saturated rings. The first kappa shape index (κ1) is 21.2. The van der Waals surface area contributed by atoms with Gasteiger partial charge in [0.25, 0.3) is 0 Å². The largest absolute Gasteiger partial charge is 0.459 e. The number of esters is 1. The van der Waals surface area contributed by atoms with Crippen molar-refractivity contribution in [3.05, 3.63) is 71.8 Å². The van der Waals surface area contributed by atoms with Gasteiger partial charge in [0.1, 0.15) is 12.6 Å². The van der Waals surface area contributed by atoms with Crippen molar-refractivity contribution in [2.75, 3.05) is 6.61 Å². The molecule has 0 bridgehead atoms. The lowest BCUT2D eigenvalue weighted by molar-refractivity contribution is -0.147. The molecule has 0 aromatic heterocycles. The van der Waals surface area contributed by atoms with E-state index in [2.05, 4.69) is 5.32 Å². The van der Waals surface area contributed by atoms with Crippen molar-refractivity contribution in [1.82, 2.24) is 5.32 Å². The zero-order valence-corrected chi connectivity index (χ0v) is 15.6. The van der Waals surface area contributed by atoms with E-state index in [9.17, 15) is 9.59 Å². The van der Waals surface area contributed by atoms with Crippen LogP contribution in [0.15, 0.2) is 60.7 Å². The minimum absolute atomic E-state index is 0.162. The van der Waals surface area contributed by atoms with Crippen LogP contribution in [-0.2, 0) is 27.3 Å². The highest BCUT2D eigenvalue weighted by atomic mass is 16.6. The van der Waals surface area contributed by atoms with Gasteiger partial charge in [-0.2, -0.15) is 0 Å². The van der Waals surface area contributed by atoms with Crippen molar-refractivity contribution in [3.8, 4) is 0 Å². The number of ether oxygens (including phenoxy) is 2. The molecule has 1 amide bonds. The topological polar surface area (TPSA) is 64.6 Å². The molecule has 0 heterocycles. The van der Waals surface area contributed by atoms with Gasteiger partial charge < -0.3 is 14.8 Å². The number of nitrogens with one attached hydrogen (secondary N) is 1. The first-order valence-corrected chi connectivity index (χ1v) is 8.87. The van der Waals surface area contributed by atoms with Crippen LogP contribution in [0.5, 0.6) is 0 Å². The second-order valence-corrected chi connectivity index (χ2v) is 5.20. The average Bonchev–Trinajstić information content (AvgIpc) is 2.69. The smallest absolute Gasteiger partial charge is 0.407 e. The lowest BCUT2D eigenvalue weighted by Crippen LogP contribution is -2.43. The molecule has 0 radical (unpaired) electrons. The first-order valence-electron chi connectivity index (χ1n) is 8.87. The van der Waals surface area contributed by atoms with E-state index in [1.165, 1.54) is 0 Å². The van der Waals surface area contributed by atoms with Crippen LogP contribution in [0.4, 0.5) is 4.79 Å². The molecule has 1 N–H and O–H groups in total. The quantitative estimate of drug-likeness (QED) is 0.757. The Morgan fingerprint density at radius 1 is 0.885 bits per heavy atom. The fraction of sp³-hybridized carbons (Fsp3) is 0.333. The third-order valence-electron chi connectivity index (χ3n) is 3.36. The van der Waals surface area contributed by atoms with E-state index in [0.717, 1.165) is 11.1 Å². The third kappa shape index (κ3) is 7.83. The number of hydrogen-bond donors (Lipinski definition) is 1. The molecule has 2 aromatic rings. The predicted molar refractivity (Wildman–Crippen MR) is 102 cm³/mol. The van der Waals surface area contributed by atoms with Crippen molar-refractivity contribution >= 4 is 12.1 Å². The zero-order valence-electron chi connectivity index (χ0n) is 15.6. The predicted octanol–water partition coefficient (Wildman–Crippen LogP) is 4.11. The second kappa shape index (κ2) is 12.5. The Morgan fingerprint density at radius 2 is 1.42 bits per heavy atom. The van der Waals surface area contributed by atoms with Crippen molar-refractivity contribution in [2.24, 2.45) is 0 Å². The summed E-state index contributed by atoms with van der Waals surface area (Å²) in [5.41, 5.74) is 1.82. The van der Waals surface area contributed by atoms with Gasteiger partial charge in [-0.15, -0.1) is 0 Å². The highest BCUT2D eigenvalue weighted by molar-refractivity contribution is 5.81. The summed E-state index contributed by atoms with van der Waals surface area (Å²) in [5, 5.41) is 2.57. The molecule has 0 saturated carbocycles. The molecule has 26 heavy (non-hydrogen) atoms. The number of alkyl carbamates (subject to hydrolysis) is 1. The number of carbonyl (C=O) groups is 2. The molecule has 1 unspecified atom stereocenters. The Bertz CT molecular complexity index is 644. The maximum absolute atomic E-state index is 12.4. The molecule has 1 atom stereocenters. The molecule has 5 heteroatoms. The van der Waals surface area contributed by atoms with Crippen LogP contribution >= 0.6 is 0 Å². The standard InChI is InChI=1S/C19H21NO4.C2H6/c1-2-23-19(22)20-17(13-15-9-5-3-6-10-15)18(21)24-14-16-11-7-4-8-12-16;1-2/h3-12,17H,2,13-14H2,1H3,(H,20,22);1-2H3. The molecule has 2 rings (SSSR count). The van der Waals surface area contributed by atoms with Crippen LogP contribution in [0.2, 0.25) is 0 Å². The Balaban J connectivity index is 0.00000163. The lowest BCUT2D eigenvalue weighted by atomic mass is 10.1. The number of carbonyl (C=O) groups excluding carboxylic acids is 2. The molecular weight excluding hydrogens is 330 g/mol. The van der Waals surface area contributed by atoms with Gasteiger partial charge in [0.15, 0.2) is 0 Å². The van der Waals surface area contributed by atoms with Gasteiger partial charge in [-0.3, -0.25) is 0 Å². The fourth-order valence-corrected chi connectivity index (χ4v) is 2.19. The van der Waals surface area contributed by atoms with Gasteiger partial charge in [0, 0.05) is 6.42 Å². The molecule has 0 saturated heterocycles. The minimum atomic E-state index is -0.796. The molecule has 2 aromatic carbocycles. The summed E-state index contributed by atoms with van der Waals surface area (Å²) in [6, 6.07) is 18.0. The van der Waals surface area contributed by atoms with Gasteiger partial charge in [-0.1, -0.05) is 74.5 Å². The van der Waals surface area contributed by atoms with E-state index in [4.69, 9.17) is 9.47 Å². The van der Waals surface area contributed by atoms with Crippen molar-refractivity contribution in [3.63, 3.8) is 0 Å². The Kier molecular flexibility index (Phi) is 10.2. The molecule has 0 aliphatic rings. The normalized spacial score (nSPS) is 10.7. The summed E-state index contributed by atoms with van der Waals surface area (Å²) >= 11 is 0. The molecular formula is C21H27NO4. The van der Waals surface area contributed by atoms with Crippen LogP contribution in [0, 0.1) is 0 Å². The van der Waals surface area contributed by atoms with Crippen molar-refractivity contribution < 1.29 is 19.1 Å². The minimum Gasteiger partial charge on any atom is -0.459 e. The summed E-state index contributed by atoms with van der Waals surface area (Å²) in [4.78, 5) is 24.0. The average molecular weight is 357 g/mol. The summed E-state index contributed by atoms with van der Waals surface area (Å²) in [6.45, 7) is 6.11. The van der Waals surface area contributed by atoms with Gasteiger partial charge in [0.05, 0.1) is 6.61 Å². The van der Waals surface area contributed by atoms with Crippen molar-refractivity contribution in [2.45, 2.75) is 39.8 Å². The van der Waals surface area contributed by atoms with Gasteiger partial charge in [0.2, 0.25) is 0 Å². The number of rotatable bonds is 7. The second-order valence-electron chi connectivity index (χ2n) is 5.20. The summed E-state index contributed by atoms with van der Waals surface area (Å²) in [7, 11) is 0. The highest BCUT2D eigenvalue weighted by Crippen LogP contribution is 2.07. The summed E-state index contributed by atoms with van der Waals surface area (Å²) in [5.74, 6) is -0.490. The van der Waals surface area contributed by atoms with E-state index in [1.54, 1.807) is 6.92 Å². The lowest BCUT2D eigenvalue weighted by Gasteiger charge is -2.17. The SMILES string of the molecule is CC.CCOC(=O)NC(Cc1ccccc1)C(=O)OCc1ccccc1. The Labute approximate surface area is 155 Å². The van der Waals surface area contributed by atoms with E-state index in [0.29, 0.717) is 6.42 Å². The summed E-state index contributed by atoms with van der Waals surface area (Å²) < 4.78 is 10.2. The molecule has 0 aliphatic carbocycles. The first-order chi connectivity index (χ1) is 12.7. The molecule has 0 aliphatic heterocycles. The van der Waals surface area contributed by atoms with Crippen molar-refractivity contribution in [1.29, 1.82) is 0 Å². The maximum Gasteiger partial charge on any atom is 0.407 e. The van der Waals surface area contributed by atoms with Gasteiger partial charge in [-0.05, 0) is 18.1 Å². The Hall–Kier alpha value is -2.82. The monoisotopic (exact) mass is 357 g/mol. The van der Waals surface area contributed by atoms with Gasteiger partial charge in [-0.25, -0.2) is 9.59 Å². The van der Waals surface area contributed by atoms with E-state index >= 15 is 0 Å². The van der Waals surface area contributed by atoms with E-state index in [-0.39, 0.29) is 13.2 Å². The number of hydrogen-bond acceptors (Lipinski definition) is 4. The number of benzene rings is 2. The Morgan fingerprint density at radius 3 is 1.96 bits per heavy atom.